The Morgan fingerprint density at radius 3 is 2.00 bits per heavy atom. The Balaban J connectivity index is 1.26. The standard InChI is InChI=1S/C25H32N8O/c1-19-26-23(31-11-9-29(2)10-12-31)18-24(27-19)32-13-15-33(16-14-32)25(34)22-17-21(28-30(22)3)20-7-5-4-6-8-20/h4-8,17-18H,9-16H2,1-3H3. The van der Waals surface area contributed by atoms with Crippen LogP contribution in [-0.4, -0.2) is 94.9 Å². The zero-order valence-corrected chi connectivity index (χ0v) is 20.2. The van der Waals surface area contributed by atoms with Gasteiger partial charge in [-0.3, -0.25) is 9.48 Å². The molecule has 0 spiro atoms. The largest absolute Gasteiger partial charge is 0.354 e. The monoisotopic (exact) mass is 460 g/mol. The van der Waals surface area contributed by atoms with E-state index in [0.717, 1.165) is 68.0 Å². The van der Waals surface area contributed by atoms with Gasteiger partial charge in [-0.05, 0) is 20.0 Å². The summed E-state index contributed by atoms with van der Waals surface area (Å²) < 4.78 is 1.69. The van der Waals surface area contributed by atoms with Crippen LogP contribution in [0.2, 0.25) is 0 Å². The van der Waals surface area contributed by atoms with Crippen LogP contribution in [-0.2, 0) is 7.05 Å². The predicted octanol–water partition coefficient (Wildman–Crippen LogP) is 1.90. The first-order valence-electron chi connectivity index (χ1n) is 11.9. The highest BCUT2D eigenvalue weighted by Gasteiger charge is 2.26. The summed E-state index contributed by atoms with van der Waals surface area (Å²) in [5.74, 6) is 2.75. The molecule has 2 aliphatic heterocycles. The zero-order valence-electron chi connectivity index (χ0n) is 20.2. The number of aryl methyl sites for hydroxylation is 2. The number of nitrogens with zero attached hydrogens (tertiary/aromatic N) is 8. The number of likely N-dealkylation sites (N-methyl/N-ethyl adjacent to an activating group) is 1. The molecule has 1 aromatic carbocycles. The number of carbonyl (C=O) groups is 1. The van der Waals surface area contributed by atoms with Crippen LogP contribution in [0.5, 0.6) is 0 Å². The Morgan fingerprint density at radius 2 is 1.38 bits per heavy atom. The number of carbonyl (C=O) groups excluding carboxylic acids is 1. The van der Waals surface area contributed by atoms with Crippen molar-refractivity contribution < 1.29 is 4.79 Å². The molecule has 9 heteroatoms. The van der Waals surface area contributed by atoms with E-state index in [1.54, 1.807) is 4.68 Å². The van der Waals surface area contributed by atoms with Crippen molar-refractivity contribution in [1.82, 2.24) is 29.5 Å². The molecule has 0 aliphatic carbocycles. The third-order valence-corrected chi connectivity index (χ3v) is 6.70. The zero-order chi connectivity index (χ0) is 23.7. The van der Waals surface area contributed by atoms with E-state index in [1.165, 1.54) is 0 Å². The van der Waals surface area contributed by atoms with Crippen LogP contribution in [0.25, 0.3) is 11.3 Å². The van der Waals surface area contributed by atoms with Gasteiger partial charge in [-0.1, -0.05) is 30.3 Å². The molecule has 0 radical (unpaired) electrons. The van der Waals surface area contributed by atoms with Crippen molar-refractivity contribution in [1.29, 1.82) is 0 Å². The summed E-state index contributed by atoms with van der Waals surface area (Å²) in [6.45, 7) is 8.78. The molecule has 2 fully saturated rings. The van der Waals surface area contributed by atoms with E-state index in [2.05, 4.69) is 32.9 Å². The lowest BCUT2D eigenvalue weighted by Crippen LogP contribution is -2.49. The maximum atomic E-state index is 13.3. The Kier molecular flexibility index (Phi) is 6.19. The first-order valence-corrected chi connectivity index (χ1v) is 11.9. The Bertz CT molecular complexity index is 1140. The van der Waals surface area contributed by atoms with Crippen molar-refractivity contribution in [2.75, 3.05) is 69.2 Å². The van der Waals surface area contributed by atoms with E-state index in [9.17, 15) is 4.79 Å². The molecule has 3 aromatic rings. The van der Waals surface area contributed by atoms with Crippen molar-refractivity contribution >= 4 is 17.5 Å². The van der Waals surface area contributed by atoms with Gasteiger partial charge in [-0.2, -0.15) is 5.10 Å². The summed E-state index contributed by atoms with van der Waals surface area (Å²) in [6, 6.07) is 13.9. The van der Waals surface area contributed by atoms with Gasteiger partial charge < -0.3 is 19.6 Å². The lowest BCUT2D eigenvalue weighted by molar-refractivity contribution is 0.0735. The molecule has 34 heavy (non-hydrogen) atoms. The van der Waals surface area contributed by atoms with E-state index in [-0.39, 0.29) is 5.91 Å². The molecule has 0 unspecified atom stereocenters. The molecule has 2 aromatic heterocycles. The van der Waals surface area contributed by atoms with Crippen LogP contribution in [0.3, 0.4) is 0 Å². The van der Waals surface area contributed by atoms with Gasteiger partial charge in [0, 0.05) is 71.0 Å². The molecule has 0 saturated carbocycles. The van der Waals surface area contributed by atoms with Crippen molar-refractivity contribution in [3.05, 3.63) is 54.0 Å². The van der Waals surface area contributed by atoms with E-state index in [1.807, 2.05) is 55.3 Å². The highest BCUT2D eigenvalue weighted by atomic mass is 16.2. The number of amides is 1. The summed E-state index contributed by atoms with van der Waals surface area (Å²) in [5, 5.41) is 4.56. The van der Waals surface area contributed by atoms with Gasteiger partial charge in [-0.15, -0.1) is 0 Å². The van der Waals surface area contributed by atoms with Crippen LogP contribution >= 0.6 is 0 Å². The van der Waals surface area contributed by atoms with Gasteiger partial charge in [0.2, 0.25) is 0 Å². The third kappa shape index (κ3) is 4.61. The highest BCUT2D eigenvalue weighted by molar-refractivity contribution is 5.94. The molecule has 0 bridgehead atoms. The van der Waals surface area contributed by atoms with Gasteiger partial charge >= 0.3 is 0 Å². The molecule has 2 saturated heterocycles. The number of hydrogen-bond donors (Lipinski definition) is 0. The predicted molar refractivity (Wildman–Crippen MR) is 133 cm³/mol. The normalized spacial score (nSPS) is 17.3. The van der Waals surface area contributed by atoms with Crippen molar-refractivity contribution in [3.8, 4) is 11.3 Å². The quantitative estimate of drug-likeness (QED) is 0.589. The molecule has 0 atom stereocenters. The maximum Gasteiger partial charge on any atom is 0.272 e. The second-order valence-corrected chi connectivity index (χ2v) is 9.11. The van der Waals surface area contributed by atoms with E-state index < -0.39 is 0 Å². The van der Waals surface area contributed by atoms with Crippen LogP contribution in [0.4, 0.5) is 11.6 Å². The fourth-order valence-corrected chi connectivity index (χ4v) is 4.61. The fourth-order valence-electron chi connectivity index (χ4n) is 4.61. The SMILES string of the molecule is Cc1nc(N2CCN(C)CC2)cc(N2CCN(C(=O)c3cc(-c4ccccc4)nn3C)CC2)n1. The summed E-state index contributed by atoms with van der Waals surface area (Å²) in [5.41, 5.74) is 2.44. The van der Waals surface area contributed by atoms with Crippen LogP contribution < -0.4 is 9.80 Å². The van der Waals surface area contributed by atoms with Crippen molar-refractivity contribution in [2.24, 2.45) is 7.05 Å². The van der Waals surface area contributed by atoms with Gasteiger partial charge in [0.1, 0.15) is 23.2 Å². The molecule has 0 N–H and O–H groups in total. The molecule has 2 aliphatic rings. The average molecular weight is 461 g/mol. The smallest absolute Gasteiger partial charge is 0.272 e. The van der Waals surface area contributed by atoms with Gasteiger partial charge in [0.15, 0.2) is 0 Å². The number of anilines is 2. The second kappa shape index (κ2) is 9.42. The van der Waals surface area contributed by atoms with Crippen LogP contribution in [0.15, 0.2) is 42.5 Å². The first kappa shape index (κ1) is 22.3. The maximum absolute atomic E-state index is 13.3. The lowest BCUT2D eigenvalue weighted by atomic mass is 10.1. The summed E-state index contributed by atoms with van der Waals surface area (Å²) >= 11 is 0. The van der Waals surface area contributed by atoms with Gasteiger partial charge in [0.05, 0.1) is 5.69 Å². The minimum absolute atomic E-state index is 0.0221. The number of piperazine rings is 2. The Morgan fingerprint density at radius 1 is 0.794 bits per heavy atom. The van der Waals surface area contributed by atoms with Crippen LogP contribution in [0, 0.1) is 6.92 Å². The fraction of sp³-hybridized carbons (Fsp3) is 0.440. The number of benzene rings is 1. The minimum atomic E-state index is 0.0221. The number of rotatable bonds is 4. The van der Waals surface area contributed by atoms with Crippen molar-refractivity contribution in [3.63, 3.8) is 0 Å². The summed E-state index contributed by atoms with van der Waals surface area (Å²) in [7, 11) is 3.99. The first-order chi connectivity index (χ1) is 16.5. The average Bonchev–Trinajstić information content (AvgIpc) is 3.26. The summed E-state index contributed by atoms with van der Waals surface area (Å²) in [6.07, 6.45) is 0. The molecule has 4 heterocycles. The molecule has 9 nitrogen and oxygen atoms in total. The van der Waals surface area contributed by atoms with E-state index in [4.69, 9.17) is 9.97 Å². The molecular formula is C25H32N8O. The topological polar surface area (TPSA) is 73.6 Å². The van der Waals surface area contributed by atoms with Gasteiger partial charge in [0.25, 0.3) is 5.91 Å². The number of hydrogen-bond acceptors (Lipinski definition) is 7. The van der Waals surface area contributed by atoms with Gasteiger partial charge in [-0.25, -0.2) is 9.97 Å². The summed E-state index contributed by atoms with van der Waals surface area (Å²) in [4.78, 5) is 31.5. The van der Waals surface area contributed by atoms with E-state index in [0.29, 0.717) is 18.8 Å². The molecule has 5 rings (SSSR count). The Labute approximate surface area is 200 Å². The minimum Gasteiger partial charge on any atom is -0.354 e. The molecule has 1 amide bonds. The Hall–Kier alpha value is -3.46. The van der Waals surface area contributed by atoms with E-state index >= 15 is 0 Å². The third-order valence-electron chi connectivity index (χ3n) is 6.70. The molecular weight excluding hydrogens is 428 g/mol. The highest BCUT2D eigenvalue weighted by Crippen LogP contribution is 2.23. The van der Waals surface area contributed by atoms with Crippen LogP contribution in [0.1, 0.15) is 16.3 Å². The van der Waals surface area contributed by atoms with Crippen molar-refractivity contribution in [2.45, 2.75) is 6.92 Å². The second-order valence-electron chi connectivity index (χ2n) is 9.11. The molecule has 178 valence electrons. The lowest BCUT2D eigenvalue weighted by Gasteiger charge is -2.36. The number of aromatic nitrogens is 4.